The third-order valence-electron chi connectivity index (χ3n) is 3.07. The molecule has 0 bridgehead atoms. The number of thiophene rings is 1. The van der Waals surface area contributed by atoms with E-state index in [0.717, 1.165) is 24.4 Å². The van der Waals surface area contributed by atoms with Gasteiger partial charge in [0.05, 0.1) is 12.2 Å². The summed E-state index contributed by atoms with van der Waals surface area (Å²) in [6, 6.07) is 0. The Morgan fingerprint density at radius 3 is 2.89 bits per heavy atom. The van der Waals surface area contributed by atoms with Gasteiger partial charge >= 0.3 is 0 Å². The number of sulfonamides is 1. The molecule has 1 aliphatic rings. The first-order chi connectivity index (χ1) is 8.89. The van der Waals surface area contributed by atoms with Gasteiger partial charge < -0.3 is 10.1 Å². The first-order valence-electron chi connectivity index (χ1n) is 5.86. The normalized spacial score (nSPS) is 19.6. The lowest BCUT2D eigenvalue weighted by molar-refractivity contribution is 0.0944. The van der Waals surface area contributed by atoms with Gasteiger partial charge in [0.15, 0.2) is 0 Å². The highest BCUT2D eigenvalue weighted by Gasteiger charge is 2.22. The van der Waals surface area contributed by atoms with E-state index in [1.165, 1.54) is 5.38 Å². The molecule has 106 valence electrons. The molecule has 2 rings (SSSR count). The van der Waals surface area contributed by atoms with Crippen molar-refractivity contribution < 1.29 is 17.9 Å². The van der Waals surface area contributed by atoms with E-state index < -0.39 is 10.0 Å². The molecule has 1 saturated heterocycles. The molecule has 0 radical (unpaired) electrons. The zero-order valence-corrected chi connectivity index (χ0v) is 12.1. The van der Waals surface area contributed by atoms with E-state index in [1.807, 2.05) is 0 Å². The number of hydrogen-bond donors (Lipinski definition) is 2. The number of nitrogens with two attached hydrogens (primary N) is 1. The quantitative estimate of drug-likeness (QED) is 0.844. The maximum atomic E-state index is 12.0. The number of ether oxygens (including phenoxy) is 1. The Morgan fingerprint density at radius 2 is 2.37 bits per heavy atom. The average Bonchev–Trinajstić information content (AvgIpc) is 2.93. The number of nitrogens with one attached hydrogen (secondary N) is 1. The lowest BCUT2D eigenvalue weighted by Gasteiger charge is -2.09. The predicted octanol–water partition coefficient (Wildman–Crippen LogP) is 0.470. The molecule has 1 amide bonds. The number of amides is 1. The largest absolute Gasteiger partial charge is 0.381 e. The van der Waals surface area contributed by atoms with Gasteiger partial charge in [-0.15, -0.1) is 11.3 Å². The van der Waals surface area contributed by atoms with E-state index in [-0.39, 0.29) is 10.1 Å². The topological polar surface area (TPSA) is 98.5 Å². The second kappa shape index (κ2) is 5.58. The van der Waals surface area contributed by atoms with Crippen molar-refractivity contribution in [2.24, 2.45) is 11.1 Å². The van der Waals surface area contributed by atoms with Crippen LogP contribution < -0.4 is 10.5 Å². The van der Waals surface area contributed by atoms with E-state index in [1.54, 1.807) is 6.92 Å². The molecule has 0 saturated carbocycles. The van der Waals surface area contributed by atoms with E-state index in [9.17, 15) is 13.2 Å². The minimum Gasteiger partial charge on any atom is -0.381 e. The minimum atomic E-state index is -3.76. The molecule has 1 aromatic rings. The molecule has 1 fully saturated rings. The predicted molar refractivity (Wildman–Crippen MR) is 71.7 cm³/mol. The van der Waals surface area contributed by atoms with Crippen LogP contribution in [-0.4, -0.2) is 34.1 Å². The number of primary sulfonamides is 1. The van der Waals surface area contributed by atoms with Crippen LogP contribution in [0, 0.1) is 12.8 Å². The van der Waals surface area contributed by atoms with Crippen LogP contribution >= 0.6 is 11.3 Å². The lowest BCUT2D eigenvalue weighted by atomic mass is 10.1. The standard InChI is InChI=1S/C11H16N2O4S2/c1-7-9(6-18-11(7)19(12,15)16)10(14)13-4-8-2-3-17-5-8/h6,8H,2-5H2,1H3,(H,13,14)(H2,12,15,16). The van der Waals surface area contributed by atoms with Gasteiger partial charge in [-0.25, -0.2) is 13.6 Å². The summed E-state index contributed by atoms with van der Waals surface area (Å²) in [5, 5.41) is 9.40. The average molecular weight is 304 g/mol. The van der Waals surface area contributed by atoms with Crippen LogP contribution in [0.3, 0.4) is 0 Å². The maximum Gasteiger partial charge on any atom is 0.252 e. The van der Waals surface area contributed by atoms with Crippen LogP contribution in [0.25, 0.3) is 0 Å². The van der Waals surface area contributed by atoms with Gasteiger partial charge in [0.25, 0.3) is 5.91 Å². The van der Waals surface area contributed by atoms with Crippen molar-refractivity contribution >= 4 is 27.3 Å². The summed E-state index contributed by atoms with van der Waals surface area (Å²) in [7, 11) is -3.76. The van der Waals surface area contributed by atoms with Crippen LogP contribution in [0.5, 0.6) is 0 Å². The van der Waals surface area contributed by atoms with Crippen molar-refractivity contribution in [3.63, 3.8) is 0 Å². The second-order valence-electron chi connectivity index (χ2n) is 4.55. The van der Waals surface area contributed by atoms with Crippen molar-refractivity contribution in [2.75, 3.05) is 19.8 Å². The Morgan fingerprint density at radius 1 is 1.63 bits per heavy atom. The highest BCUT2D eigenvalue weighted by Crippen LogP contribution is 2.25. The van der Waals surface area contributed by atoms with Gasteiger partial charge in [-0.2, -0.15) is 0 Å². The third kappa shape index (κ3) is 3.33. The van der Waals surface area contributed by atoms with Crippen LogP contribution in [0.1, 0.15) is 22.3 Å². The van der Waals surface area contributed by atoms with E-state index in [2.05, 4.69) is 5.32 Å². The summed E-state index contributed by atoms with van der Waals surface area (Å²) in [4.78, 5) is 12.0. The summed E-state index contributed by atoms with van der Waals surface area (Å²) in [6.07, 6.45) is 0.936. The number of carbonyl (C=O) groups is 1. The first-order valence-corrected chi connectivity index (χ1v) is 8.29. The van der Waals surface area contributed by atoms with Gasteiger partial charge in [-0.1, -0.05) is 0 Å². The van der Waals surface area contributed by atoms with Crippen molar-refractivity contribution in [1.82, 2.24) is 5.32 Å². The first kappa shape index (κ1) is 14.4. The molecule has 2 heterocycles. The van der Waals surface area contributed by atoms with Crippen molar-refractivity contribution in [2.45, 2.75) is 17.6 Å². The molecule has 0 spiro atoms. The highest BCUT2D eigenvalue weighted by atomic mass is 32.2. The molecule has 8 heteroatoms. The SMILES string of the molecule is Cc1c(C(=O)NCC2CCOC2)csc1S(N)(=O)=O. The fourth-order valence-electron chi connectivity index (χ4n) is 1.98. The minimum absolute atomic E-state index is 0.0434. The van der Waals surface area contributed by atoms with Gasteiger partial charge in [0.2, 0.25) is 10.0 Å². The van der Waals surface area contributed by atoms with Gasteiger partial charge in [-0.3, -0.25) is 4.79 Å². The molecule has 1 aliphatic heterocycles. The summed E-state index contributed by atoms with van der Waals surface area (Å²) in [6.45, 7) is 3.52. The second-order valence-corrected chi connectivity index (χ2v) is 7.18. The van der Waals surface area contributed by atoms with Crippen LogP contribution in [0.4, 0.5) is 0 Å². The zero-order chi connectivity index (χ0) is 14.0. The van der Waals surface area contributed by atoms with Gasteiger partial charge in [0.1, 0.15) is 4.21 Å². The van der Waals surface area contributed by atoms with E-state index in [0.29, 0.717) is 30.2 Å². The molecule has 1 atom stereocenters. The Kier molecular flexibility index (Phi) is 4.24. The summed E-state index contributed by atoms with van der Waals surface area (Å²) in [5.74, 6) is 0.0659. The van der Waals surface area contributed by atoms with Gasteiger partial charge in [0, 0.05) is 24.4 Å². The third-order valence-corrected chi connectivity index (χ3v) is 5.75. The Bertz CT molecular complexity index is 574. The van der Waals surface area contributed by atoms with E-state index in [4.69, 9.17) is 9.88 Å². The van der Waals surface area contributed by atoms with Gasteiger partial charge in [-0.05, 0) is 18.9 Å². The number of carbonyl (C=O) groups excluding carboxylic acids is 1. The lowest BCUT2D eigenvalue weighted by Crippen LogP contribution is -2.29. The van der Waals surface area contributed by atoms with Crippen LogP contribution in [-0.2, 0) is 14.8 Å². The summed E-state index contributed by atoms with van der Waals surface area (Å²) in [5.41, 5.74) is 0.778. The Labute approximate surface area is 116 Å². The van der Waals surface area contributed by atoms with Crippen LogP contribution in [0.15, 0.2) is 9.59 Å². The zero-order valence-electron chi connectivity index (χ0n) is 10.5. The summed E-state index contributed by atoms with van der Waals surface area (Å²) < 4.78 is 27.9. The molecule has 0 aliphatic carbocycles. The smallest absolute Gasteiger partial charge is 0.252 e. The fourth-order valence-corrected chi connectivity index (χ4v) is 3.99. The molecular formula is C11H16N2O4S2. The maximum absolute atomic E-state index is 12.0. The monoisotopic (exact) mass is 304 g/mol. The molecule has 19 heavy (non-hydrogen) atoms. The molecule has 6 nitrogen and oxygen atoms in total. The summed E-state index contributed by atoms with van der Waals surface area (Å²) >= 11 is 0.971. The molecule has 1 aromatic heterocycles. The van der Waals surface area contributed by atoms with Crippen molar-refractivity contribution in [3.8, 4) is 0 Å². The number of rotatable bonds is 4. The van der Waals surface area contributed by atoms with Crippen molar-refractivity contribution in [1.29, 1.82) is 0 Å². The van der Waals surface area contributed by atoms with Crippen molar-refractivity contribution in [3.05, 3.63) is 16.5 Å². The molecular weight excluding hydrogens is 288 g/mol. The number of hydrogen-bond acceptors (Lipinski definition) is 5. The molecule has 3 N–H and O–H groups in total. The highest BCUT2D eigenvalue weighted by molar-refractivity contribution is 7.91. The van der Waals surface area contributed by atoms with Crippen LogP contribution in [0.2, 0.25) is 0 Å². The Balaban J connectivity index is 2.05. The van der Waals surface area contributed by atoms with E-state index >= 15 is 0 Å². The Hall–Kier alpha value is -0.960. The fraction of sp³-hybridized carbons (Fsp3) is 0.545. The molecule has 1 unspecified atom stereocenters. The molecule has 0 aromatic carbocycles.